The van der Waals surface area contributed by atoms with Crippen LogP contribution in [0.2, 0.25) is 0 Å². The van der Waals surface area contributed by atoms with Gasteiger partial charge in [0, 0.05) is 23.3 Å². The first-order chi connectivity index (χ1) is 17.1. The third kappa shape index (κ3) is 4.04. The van der Waals surface area contributed by atoms with Crippen molar-refractivity contribution in [3.05, 3.63) is 77.1 Å². The highest BCUT2D eigenvalue weighted by Gasteiger charge is 2.54. The van der Waals surface area contributed by atoms with Crippen LogP contribution in [0.5, 0.6) is 0 Å². The van der Waals surface area contributed by atoms with Crippen molar-refractivity contribution in [2.75, 3.05) is 5.75 Å². The lowest BCUT2D eigenvalue weighted by Crippen LogP contribution is -2.53. The molecule has 1 aromatic heterocycles. The van der Waals surface area contributed by atoms with Gasteiger partial charge in [-0.3, -0.25) is 4.79 Å². The quantitative estimate of drug-likeness (QED) is 0.270. The normalized spacial score (nSPS) is 28.2. The average Bonchev–Trinajstić information content (AvgIpc) is 3.28. The first-order valence-electron chi connectivity index (χ1n) is 13.8. The molecule has 5 aliphatic carbocycles. The molecule has 4 saturated carbocycles. The van der Waals surface area contributed by atoms with Crippen LogP contribution < -0.4 is 4.57 Å². The maximum absolute atomic E-state index is 13.4. The number of thioether (sulfide) groups is 1. The van der Waals surface area contributed by atoms with Gasteiger partial charge in [-0.1, -0.05) is 30.3 Å². The topological polar surface area (TPSA) is 20.9 Å². The summed E-state index contributed by atoms with van der Waals surface area (Å²) in [4.78, 5) is 13.4. The van der Waals surface area contributed by atoms with Crippen LogP contribution in [0.15, 0.2) is 54.9 Å². The Balaban J connectivity index is 0.940. The number of carbonyl (C=O) groups is 1. The van der Waals surface area contributed by atoms with Gasteiger partial charge in [-0.05, 0) is 114 Å². The van der Waals surface area contributed by atoms with E-state index in [1.54, 1.807) is 0 Å². The molecule has 2 aromatic carbocycles. The molecule has 2 nitrogen and oxygen atoms in total. The van der Waals surface area contributed by atoms with E-state index < -0.39 is 0 Å². The van der Waals surface area contributed by atoms with Gasteiger partial charge in [-0.25, -0.2) is 0 Å². The van der Waals surface area contributed by atoms with Crippen molar-refractivity contribution >= 4 is 28.3 Å². The highest BCUT2D eigenvalue weighted by atomic mass is 32.2. The van der Waals surface area contributed by atoms with Gasteiger partial charge in [-0.15, -0.1) is 0 Å². The van der Waals surface area contributed by atoms with Gasteiger partial charge in [0.2, 0.25) is 12.3 Å². The Bertz CT molecular complexity index is 1230. The minimum absolute atomic E-state index is 0.0136. The van der Waals surface area contributed by atoms with Crippen LogP contribution in [0.25, 0.3) is 10.8 Å². The molecule has 0 N–H and O–H groups in total. The van der Waals surface area contributed by atoms with Gasteiger partial charge in [0.15, 0.2) is 12.4 Å². The zero-order valence-corrected chi connectivity index (χ0v) is 21.5. The predicted octanol–water partition coefficient (Wildman–Crippen LogP) is 6.49. The molecule has 8 rings (SSSR count). The molecule has 35 heavy (non-hydrogen) atoms. The van der Waals surface area contributed by atoms with Gasteiger partial charge in [0.1, 0.15) is 0 Å². The summed E-state index contributed by atoms with van der Waals surface area (Å²) in [6, 6.07) is 16.0. The molecule has 180 valence electrons. The van der Waals surface area contributed by atoms with Gasteiger partial charge in [0.05, 0.1) is 0 Å². The molecule has 4 fully saturated rings. The minimum Gasteiger partial charge on any atom is -0.292 e. The summed E-state index contributed by atoms with van der Waals surface area (Å²) in [7, 11) is 0. The molecule has 5 aliphatic rings. The van der Waals surface area contributed by atoms with Crippen LogP contribution in [0.3, 0.4) is 0 Å². The smallest absolute Gasteiger partial charge is 0.207 e. The second-order valence-electron chi connectivity index (χ2n) is 12.0. The van der Waals surface area contributed by atoms with E-state index >= 15 is 0 Å². The summed E-state index contributed by atoms with van der Waals surface area (Å²) in [6.45, 7) is 0.562. The van der Waals surface area contributed by atoms with Crippen molar-refractivity contribution in [2.45, 2.75) is 70.1 Å². The number of benzene rings is 2. The molecule has 0 radical (unpaired) electrons. The van der Waals surface area contributed by atoms with Crippen LogP contribution in [0.4, 0.5) is 0 Å². The summed E-state index contributed by atoms with van der Waals surface area (Å²) in [5, 5.41) is 3.00. The van der Waals surface area contributed by atoms with Crippen molar-refractivity contribution in [3.8, 4) is 0 Å². The summed E-state index contributed by atoms with van der Waals surface area (Å²) in [5.74, 6) is 5.21. The second kappa shape index (κ2) is 8.76. The summed E-state index contributed by atoms with van der Waals surface area (Å²) in [6.07, 6.45) is 15.5. The second-order valence-corrected chi connectivity index (χ2v) is 13.1. The fraction of sp³-hybridized carbons (Fsp3) is 0.500. The zero-order valence-electron chi connectivity index (χ0n) is 20.7. The van der Waals surface area contributed by atoms with E-state index in [4.69, 9.17) is 0 Å². The molecule has 0 amide bonds. The summed E-state index contributed by atoms with van der Waals surface area (Å²) in [5.41, 5.74) is 5.93. The highest BCUT2D eigenvalue weighted by Crippen LogP contribution is 2.60. The Hall–Kier alpha value is -2.13. The van der Waals surface area contributed by atoms with Crippen LogP contribution in [-0.2, 0) is 36.4 Å². The van der Waals surface area contributed by atoms with E-state index in [9.17, 15) is 4.79 Å². The number of ketones is 1. The Kier molecular flexibility index (Phi) is 5.53. The SMILES string of the molecule is O=C(C[n+]1ccc(CCSCc2ccc3c4c(cccc24)CC3)cc1)C12CC3CC(CC(C3)C1)C2. The number of aryl methyl sites for hydroxylation is 3. The fourth-order valence-corrected chi connectivity index (χ4v) is 9.35. The summed E-state index contributed by atoms with van der Waals surface area (Å²) >= 11 is 2.03. The largest absolute Gasteiger partial charge is 0.292 e. The van der Waals surface area contributed by atoms with Crippen molar-refractivity contribution in [2.24, 2.45) is 23.2 Å². The molecule has 3 aromatic rings. The molecule has 1 heterocycles. The lowest BCUT2D eigenvalue weighted by atomic mass is 9.48. The molecular formula is C32H36NOS+. The lowest BCUT2D eigenvalue weighted by Gasteiger charge is -2.55. The molecule has 4 bridgehead atoms. The van der Waals surface area contributed by atoms with Gasteiger partial charge < -0.3 is 0 Å². The van der Waals surface area contributed by atoms with E-state index in [1.807, 2.05) is 11.8 Å². The fourth-order valence-electron chi connectivity index (χ4n) is 8.35. The number of rotatable bonds is 8. The highest BCUT2D eigenvalue weighted by molar-refractivity contribution is 7.98. The molecule has 0 aliphatic heterocycles. The van der Waals surface area contributed by atoms with Crippen LogP contribution in [0, 0.1) is 23.2 Å². The number of Topliss-reactive ketones (excluding diaryl/α,β-unsaturated/α-hetero) is 1. The molecule has 0 spiro atoms. The molecule has 0 saturated heterocycles. The monoisotopic (exact) mass is 482 g/mol. The third-order valence-electron chi connectivity index (χ3n) is 9.68. The van der Waals surface area contributed by atoms with Gasteiger partial charge in [-0.2, -0.15) is 16.3 Å². The van der Waals surface area contributed by atoms with Crippen molar-refractivity contribution in [3.63, 3.8) is 0 Å². The number of nitrogens with zero attached hydrogens (tertiary/aromatic N) is 1. The van der Waals surface area contributed by atoms with Crippen molar-refractivity contribution < 1.29 is 9.36 Å². The van der Waals surface area contributed by atoms with E-state index in [0.717, 1.165) is 35.7 Å². The zero-order chi connectivity index (χ0) is 23.4. The minimum atomic E-state index is 0.0136. The predicted molar refractivity (Wildman–Crippen MR) is 143 cm³/mol. The number of carbonyl (C=O) groups excluding carboxylic acids is 1. The molecule has 0 atom stereocenters. The third-order valence-corrected chi connectivity index (χ3v) is 10.7. The van der Waals surface area contributed by atoms with Crippen LogP contribution in [0.1, 0.15) is 60.8 Å². The first-order valence-corrected chi connectivity index (χ1v) is 14.9. The van der Waals surface area contributed by atoms with Crippen LogP contribution >= 0.6 is 11.8 Å². The van der Waals surface area contributed by atoms with E-state index in [-0.39, 0.29) is 5.41 Å². The Morgan fingerprint density at radius 3 is 2.29 bits per heavy atom. The Labute approximate surface area is 213 Å². The van der Waals surface area contributed by atoms with E-state index in [1.165, 1.54) is 84.4 Å². The van der Waals surface area contributed by atoms with Crippen molar-refractivity contribution in [1.29, 1.82) is 0 Å². The van der Waals surface area contributed by atoms with Crippen LogP contribution in [-0.4, -0.2) is 11.5 Å². The Morgan fingerprint density at radius 1 is 0.886 bits per heavy atom. The average molecular weight is 483 g/mol. The number of hydrogen-bond acceptors (Lipinski definition) is 2. The van der Waals surface area contributed by atoms with Gasteiger partial charge >= 0.3 is 0 Å². The molecular weight excluding hydrogens is 446 g/mol. The summed E-state index contributed by atoms with van der Waals surface area (Å²) < 4.78 is 2.13. The number of pyridine rings is 1. The van der Waals surface area contributed by atoms with E-state index in [0.29, 0.717) is 12.3 Å². The maximum Gasteiger partial charge on any atom is 0.207 e. The van der Waals surface area contributed by atoms with E-state index in [2.05, 4.69) is 59.4 Å². The Morgan fingerprint density at radius 2 is 1.57 bits per heavy atom. The lowest BCUT2D eigenvalue weighted by molar-refractivity contribution is -0.685. The first kappa shape index (κ1) is 22.1. The standard InChI is InChI=1S/C32H36NOS/c34-30(32-17-23-14-24(18-32)16-25(15-23)19-32)20-33-11-8-22(9-12-33)10-13-35-21-28-7-6-27-5-4-26-2-1-3-29(28)31(26)27/h1-3,6-9,11-12,23-25H,4-5,10,13-21H2/q+1. The maximum atomic E-state index is 13.4. The number of aromatic nitrogens is 1. The molecule has 0 unspecified atom stereocenters. The molecule has 3 heteroatoms. The number of hydrogen-bond donors (Lipinski definition) is 0. The van der Waals surface area contributed by atoms with Gasteiger partial charge in [0.25, 0.3) is 0 Å². The van der Waals surface area contributed by atoms with Crippen molar-refractivity contribution in [1.82, 2.24) is 0 Å².